The number of likely N-dealkylation sites (tertiary alicyclic amines) is 1. The van der Waals surface area contributed by atoms with Gasteiger partial charge in [0, 0.05) is 12.0 Å². The molecule has 0 bridgehead atoms. The van der Waals surface area contributed by atoms with E-state index in [1.165, 1.54) is 12.0 Å². The lowest BCUT2D eigenvalue weighted by Crippen LogP contribution is -2.23. The third kappa shape index (κ3) is 3.14. The topological polar surface area (TPSA) is 51.4 Å². The van der Waals surface area contributed by atoms with Crippen LogP contribution in [0, 0.1) is 0 Å². The molecule has 1 aromatic heterocycles. The second-order valence-corrected chi connectivity index (χ2v) is 6.11. The lowest BCUT2D eigenvalue weighted by atomic mass is 10.0. The molecule has 5 heteroatoms. The van der Waals surface area contributed by atoms with Crippen molar-refractivity contribution < 1.29 is 9.26 Å². The first kappa shape index (κ1) is 15.0. The Morgan fingerprint density at radius 2 is 2.27 bits per heavy atom. The lowest BCUT2D eigenvalue weighted by Gasteiger charge is -2.23. The van der Waals surface area contributed by atoms with Crippen molar-refractivity contribution >= 4 is 0 Å². The maximum Gasteiger partial charge on any atom is 0.240 e. The van der Waals surface area contributed by atoms with Crippen LogP contribution in [0.25, 0.3) is 0 Å². The highest BCUT2D eigenvalue weighted by atomic mass is 16.5. The van der Waals surface area contributed by atoms with Crippen LogP contribution in [0.3, 0.4) is 0 Å². The molecular formula is C17H23N3O2. The fourth-order valence-electron chi connectivity index (χ4n) is 2.98. The summed E-state index contributed by atoms with van der Waals surface area (Å²) in [5.74, 6) is 2.69. The van der Waals surface area contributed by atoms with E-state index in [4.69, 9.17) is 9.26 Å². The SMILES string of the molecule is COc1cccc([C@@H]2CCCN2Cc2nc(C(C)C)no2)c1. The fourth-order valence-corrected chi connectivity index (χ4v) is 2.98. The van der Waals surface area contributed by atoms with Crippen molar-refractivity contribution in [3.63, 3.8) is 0 Å². The van der Waals surface area contributed by atoms with Crippen LogP contribution in [-0.2, 0) is 6.54 Å². The largest absolute Gasteiger partial charge is 0.497 e. The molecule has 0 unspecified atom stereocenters. The summed E-state index contributed by atoms with van der Waals surface area (Å²) in [4.78, 5) is 6.90. The van der Waals surface area contributed by atoms with Crippen molar-refractivity contribution in [2.45, 2.75) is 45.2 Å². The number of aromatic nitrogens is 2. The first-order chi connectivity index (χ1) is 10.7. The average Bonchev–Trinajstić information content (AvgIpc) is 3.17. The van der Waals surface area contributed by atoms with Gasteiger partial charge in [0.15, 0.2) is 5.82 Å². The van der Waals surface area contributed by atoms with E-state index in [9.17, 15) is 0 Å². The highest BCUT2D eigenvalue weighted by Gasteiger charge is 2.28. The van der Waals surface area contributed by atoms with Crippen LogP contribution in [0.5, 0.6) is 5.75 Å². The molecule has 1 aliphatic heterocycles. The Balaban J connectivity index is 1.74. The van der Waals surface area contributed by atoms with Crippen LogP contribution in [-0.4, -0.2) is 28.7 Å². The molecule has 1 aliphatic rings. The molecule has 0 aliphatic carbocycles. The molecule has 2 aromatic rings. The lowest BCUT2D eigenvalue weighted by molar-refractivity contribution is 0.212. The van der Waals surface area contributed by atoms with Gasteiger partial charge in [0.05, 0.1) is 13.7 Å². The highest BCUT2D eigenvalue weighted by molar-refractivity contribution is 5.31. The summed E-state index contributed by atoms with van der Waals surface area (Å²) in [7, 11) is 1.71. The minimum absolute atomic E-state index is 0.297. The number of benzene rings is 1. The van der Waals surface area contributed by atoms with Gasteiger partial charge in [-0.1, -0.05) is 31.1 Å². The highest BCUT2D eigenvalue weighted by Crippen LogP contribution is 2.34. The molecule has 22 heavy (non-hydrogen) atoms. The van der Waals surface area contributed by atoms with Crippen LogP contribution in [0.1, 0.15) is 55.9 Å². The van der Waals surface area contributed by atoms with E-state index in [1.54, 1.807) is 7.11 Å². The van der Waals surface area contributed by atoms with Gasteiger partial charge in [-0.3, -0.25) is 4.90 Å². The van der Waals surface area contributed by atoms with Gasteiger partial charge < -0.3 is 9.26 Å². The summed E-state index contributed by atoms with van der Waals surface area (Å²) in [6, 6.07) is 8.71. The van der Waals surface area contributed by atoms with Crippen molar-refractivity contribution in [1.29, 1.82) is 0 Å². The molecule has 1 atom stereocenters. The molecule has 2 heterocycles. The van der Waals surface area contributed by atoms with Gasteiger partial charge in [-0.2, -0.15) is 4.98 Å². The molecular weight excluding hydrogens is 278 g/mol. The average molecular weight is 301 g/mol. The summed E-state index contributed by atoms with van der Waals surface area (Å²) in [5.41, 5.74) is 1.29. The van der Waals surface area contributed by atoms with E-state index in [-0.39, 0.29) is 0 Å². The van der Waals surface area contributed by atoms with Crippen molar-refractivity contribution in [3.8, 4) is 5.75 Å². The second kappa shape index (κ2) is 6.48. The van der Waals surface area contributed by atoms with Gasteiger partial charge in [0.1, 0.15) is 5.75 Å². The Labute approximate surface area is 131 Å². The Morgan fingerprint density at radius 1 is 1.41 bits per heavy atom. The van der Waals surface area contributed by atoms with Gasteiger partial charge >= 0.3 is 0 Å². The van der Waals surface area contributed by atoms with E-state index in [1.807, 2.05) is 12.1 Å². The smallest absolute Gasteiger partial charge is 0.240 e. The number of rotatable bonds is 5. The molecule has 0 N–H and O–H groups in total. The molecule has 1 fully saturated rings. The minimum atomic E-state index is 0.297. The van der Waals surface area contributed by atoms with Crippen molar-refractivity contribution in [2.75, 3.05) is 13.7 Å². The van der Waals surface area contributed by atoms with Crippen LogP contribution in [0.4, 0.5) is 0 Å². The van der Waals surface area contributed by atoms with E-state index in [0.29, 0.717) is 24.4 Å². The molecule has 3 rings (SSSR count). The van der Waals surface area contributed by atoms with Crippen LogP contribution in [0.15, 0.2) is 28.8 Å². The number of hydrogen-bond donors (Lipinski definition) is 0. The number of nitrogens with zero attached hydrogens (tertiary/aromatic N) is 3. The fraction of sp³-hybridized carbons (Fsp3) is 0.529. The molecule has 1 aromatic carbocycles. The Hall–Kier alpha value is -1.88. The van der Waals surface area contributed by atoms with Gasteiger partial charge in [-0.15, -0.1) is 0 Å². The third-order valence-electron chi connectivity index (χ3n) is 4.18. The zero-order valence-electron chi connectivity index (χ0n) is 13.5. The quantitative estimate of drug-likeness (QED) is 0.845. The second-order valence-electron chi connectivity index (χ2n) is 6.11. The van der Waals surface area contributed by atoms with Gasteiger partial charge in [0.25, 0.3) is 0 Å². The molecule has 0 saturated carbocycles. The van der Waals surface area contributed by atoms with Crippen molar-refractivity contribution in [3.05, 3.63) is 41.5 Å². The van der Waals surface area contributed by atoms with E-state index in [0.717, 1.165) is 24.5 Å². The first-order valence-corrected chi connectivity index (χ1v) is 7.88. The Bertz CT molecular complexity index is 624. The third-order valence-corrected chi connectivity index (χ3v) is 4.18. The normalized spacial score (nSPS) is 19.0. The number of hydrogen-bond acceptors (Lipinski definition) is 5. The summed E-state index contributed by atoms with van der Waals surface area (Å²) in [6.45, 7) is 5.91. The van der Waals surface area contributed by atoms with Crippen LogP contribution in [0.2, 0.25) is 0 Å². The molecule has 1 saturated heterocycles. The maximum absolute atomic E-state index is 5.39. The molecule has 0 amide bonds. The van der Waals surface area contributed by atoms with E-state index < -0.39 is 0 Å². The van der Waals surface area contributed by atoms with Crippen LogP contribution >= 0.6 is 0 Å². The molecule has 0 radical (unpaired) electrons. The predicted molar refractivity (Wildman–Crippen MR) is 83.8 cm³/mol. The van der Waals surface area contributed by atoms with Crippen molar-refractivity contribution in [2.24, 2.45) is 0 Å². The summed E-state index contributed by atoms with van der Waals surface area (Å²) in [5, 5.41) is 4.05. The van der Waals surface area contributed by atoms with E-state index >= 15 is 0 Å². The summed E-state index contributed by atoms with van der Waals surface area (Å²) < 4.78 is 10.7. The van der Waals surface area contributed by atoms with Crippen molar-refractivity contribution in [1.82, 2.24) is 15.0 Å². The molecule has 118 valence electrons. The standard InChI is InChI=1S/C17H23N3O2/c1-12(2)17-18-16(22-19-17)11-20-9-5-8-15(20)13-6-4-7-14(10-13)21-3/h4,6-7,10,12,15H,5,8-9,11H2,1-3H3/t15-/m0/s1. The predicted octanol–water partition coefficient (Wildman–Crippen LogP) is 3.54. The molecule has 5 nitrogen and oxygen atoms in total. The van der Waals surface area contributed by atoms with E-state index in [2.05, 4.69) is 41.0 Å². The monoisotopic (exact) mass is 301 g/mol. The Morgan fingerprint density at radius 3 is 3.00 bits per heavy atom. The van der Waals surface area contributed by atoms with Crippen LogP contribution < -0.4 is 4.74 Å². The van der Waals surface area contributed by atoms with Gasteiger partial charge in [0.2, 0.25) is 5.89 Å². The first-order valence-electron chi connectivity index (χ1n) is 7.88. The zero-order chi connectivity index (χ0) is 15.5. The summed E-state index contributed by atoms with van der Waals surface area (Å²) in [6.07, 6.45) is 2.34. The van der Waals surface area contributed by atoms with Gasteiger partial charge in [-0.25, -0.2) is 0 Å². The number of ether oxygens (including phenoxy) is 1. The summed E-state index contributed by atoms with van der Waals surface area (Å²) >= 11 is 0. The maximum atomic E-state index is 5.39. The molecule has 0 spiro atoms. The van der Waals surface area contributed by atoms with Gasteiger partial charge in [-0.05, 0) is 37.1 Å². The zero-order valence-corrected chi connectivity index (χ0v) is 13.5. The minimum Gasteiger partial charge on any atom is -0.497 e. The number of methoxy groups -OCH3 is 1. The Kier molecular flexibility index (Phi) is 4.43.